The molecule has 168 valence electrons. The van der Waals surface area contributed by atoms with Gasteiger partial charge >= 0.3 is 12.1 Å². The van der Waals surface area contributed by atoms with Crippen LogP contribution in [-0.2, 0) is 35.6 Å². The first-order valence-corrected chi connectivity index (χ1v) is 10.3. The number of alkyl halides is 3. The minimum absolute atomic E-state index is 0.00872. The van der Waals surface area contributed by atoms with E-state index in [1.54, 1.807) is 24.3 Å². The summed E-state index contributed by atoms with van der Waals surface area (Å²) in [6.07, 6.45) is -3.60. The summed E-state index contributed by atoms with van der Waals surface area (Å²) in [5.41, 5.74) is 6.72. The number of fused-ring (bicyclic) bond motifs is 2. The summed E-state index contributed by atoms with van der Waals surface area (Å²) in [4.78, 5) is 25.0. The number of esters is 1. The number of hydrogen-bond donors (Lipinski definition) is 1. The Hall–Kier alpha value is -3.13. The molecule has 0 radical (unpaired) electrons. The summed E-state index contributed by atoms with van der Waals surface area (Å²) in [6.45, 7) is 0. The summed E-state index contributed by atoms with van der Waals surface area (Å²) < 4.78 is 48.8. The lowest BCUT2D eigenvalue weighted by atomic mass is 9.87. The molecule has 0 amide bonds. The maximum atomic E-state index is 14.3. The molecule has 2 atom stereocenters. The molecular formula is C24H23F3N2O3. The Morgan fingerprint density at radius 2 is 1.94 bits per heavy atom. The van der Waals surface area contributed by atoms with Crippen LogP contribution in [0, 0.1) is 0 Å². The second-order valence-corrected chi connectivity index (χ2v) is 8.08. The van der Waals surface area contributed by atoms with Crippen LogP contribution in [0.1, 0.15) is 40.2 Å². The van der Waals surface area contributed by atoms with Crippen LogP contribution in [0.4, 0.5) is 13.2 Å². The van der Waals surface area contributed by atoms with E-state index in [1.165, 1.54) is 30.9 Å². The number of aryl methyl sites for hydroxylation is 1. The standard InChI is InChI=1S/C24H23F3N2O3/c1-29-19-9-4-3-7-17(19)21(24(25,26)27)20(22(29)30)16-11-10-14-13(6-5-8-15(14)16)12-18(28)23(31)32-2/h3-9,16,18H,10-12,28H2,1-2H3/t16-,18-/m0/s1. The van der Waals surface area contributed by atoms with E-state index in [0.29, 0.717) is 18.4 Å². The molecule has 0 fully saturated rings. The van der Waals surface area contributed by atoms with Crippen molar-refractivity contribution < 1.29 is 22.7 Å². The van der Waals surface area contributed by atoms with E-state index in [0.717, 1.165) is 11.1 Å². The van der Waals surface area contributed by atoms with Crippen molar-refractivity contribution in [2.45, 2.75) is 37.4 Å². The van der Waals surface area contributed by atoms with Gasteiger partial charge in [-0.2, -0.15) is 13.2 Å². The van der Waals surface area contributed by atoms with Crippen molar-refractivity contribution in [2.24, 2.45) is 12.8 Å². The van der Waals surface area contributed by atoms with Crippen LogP contribution in [0.15, 0.2) is 47.3 Å². The zero-order chi connectivity index (χ0) is 23.2. The summed E-state index contributed by atoms with van der Waals surface area (Å²) in [7, 11) is 2.75. The van der Waals surface area contributed by atoms with Crippen LogP contribution in [0.3, 0.4) is 0 Å². The number of rotatable bonds is 4. The van der Waals surface area contributed by atoms with Crippen molar-refractivity contribution in [3.8, 4) is 0 Å². The van der Waals surface area contributed by atoms with Gasteiger partial charge < -0.3 is 15.0 Å². The summed E-state index contributed by atoms with van der Waals surface area (Å²) in [5.74, 6) is -1.25. The van der Waals surface area contributed by atoms with Crippen LogP contribution >= 0.6 is 0 Å². The molecule has 32 heavy (non-hydrogen) atoms. The van der Waals surface area contributed by atoms with Crippen LogP contribution in [0.2, 0.25) is 0 Å². The minimum atomic E-state index is -4.68. The van der Waals surface area contributed by atoms with E-state index in [1.807, 2.05) is 6.07 Å². The van der Waals surface area contributed by atoms with E-state index in [4.69, 9.17) is 5.73 Å². The zero-order valence-corrected chi connectivity index (χ0v) is 17.7. The van der Waals surface area contributed by atoms with E-state index in [9.17, 15) is 22.8 Å². The summed E-state index contributed by atoms with van der Waals surface area (Å²) in [6, 6.07) is 10.5. The Bertz CT molecular complexity index is 1260. The fourth-order valence-electron chi connectivity index (χ4n) is 4.84. The average molecular weight is 444 g/mol. The molecule has 2 N–H and O–H groups in total. The van der Waals surface area contributed by atoms with Crippen molar-refractivity contribution in [1.29, 1.82) is 0 Å². The highest BCUT2D eigenvalue weighted by molar-refractivity contribution is 5.84. The molecule has 3 aromatic rings. The lowest BCUT2D eigenvalue weighted by Gasteiger charge is -2.22. The molecule has 1 heterocycles. The second kappa shape index (κ2) is 8.09. The fourth-order valence-corrected chi connectivity index (χ4v) is 4.84. The number of benzene rings is 2. The van der Waals surface area contributed by atoms with Crippen LogP contribution in [-0.4, -0.2) is 23.7 Å². The predicted octanol–water partition coefficient (Wildman–Crippen LogP) is 3.68. The molecule has 4 rings (SSSR count). The van der Waals surface area contributed by atoms with E-state index < -0.39 is 35.2 Å². The zero-order valence-electron chi connectivity index (χ0n) is 17.7. The molecule has 0 bridgehead atoms. The Labute approximate surface area is 182 Å². The second-order valence-electron chi connectivity index (χ2n) is 8.08. The number of methoxy groups -OCH3 is 1. The predicted molar refractivity (Wildman–Crippen MR) is 114 cm³/mol. The fraction of sp³-hybridized carbons (Fsp3) is 0.333. The van der Waals surface area contributed by atoms with E-state index in [-0.39, 0.29) is 22.9 Å². The monoisotopic (exact) mass is 444 g/mol. The number of carbonyl (C=O) groups excluding carboxylic acids is 1. The van der Waals surface area contributed by atoms with Crippen molar-refractivity contribution >= 4 is 16.9 Å². The van der Waals surface area contributed by atoms with Gasteiger partial charge in [-0.25, -0.2) is 0 Å². The summed E-state index contributed by atoms with van der Waals surface area (Å²) in [5, 5.41) is 0.00872. The van der Waals surface area contributed by atoms with Gasteiger partial charge in [0.1, 0.15) is 6.04 Å². The Balaban J connectivity index is 1.91. The molecule has 8 heteroatoms. The SMILES string of the molecule is COC(=O)[C@@H](N)Cc1cccc2c1CC[C@@H]2c1c(C(F)(F)F)c2ccccc2n(C)c1=O. The number of halogens is 3. The highest BCUT2D eigenvalue weighted by Crippen LogP contribution is 2.45. The summed E-state index contributed by atoms with van der Waals surface area (Å²) >= 11 is 0. The van der Waals surface area contributed by atoms with Gasteiger partial charge in [-0.3, -0.25) is 9.59 Å². The molecule has 0 unspecified atom stereocenters. The van der Waals surface area contributed by atoms with Crippen LogP contribution in [0.5, 0.6) is 0 Å². The average Bonchev–Trinajstić information content (AvgIpc) is 3.19. The van der Waals surface area contributed by atoms with Gasteiger partial charge in [0.05, 0.1) is 18.2 Å². The quantitative estimate of drug-likeness (QED) is 0.623. The number of aromatic nitrogens is 1. The van der Waals surface area contributed by atoms with Crippen molar-refractivity contribution in [1.82, 2.24) is 4.57 Å². The van der Waals surface area contributed by atoms with Gasteiger partial charge in [-0.05, 0) is 42.0 Å². The number of para-hydroxylation sites is 1. The molecule has 1 aliphatic carbocycles. The largest absolute Gasteiger partial charge is 0.468 e. The maximum Gasteiger partial charge on any atom is 0.417 e. The highest BCUT2D eigenvalue weighted by Gasteiger charge is 2.41. The molecule has 1 aliphatic rings. The molecule has 1 aromatic heterocycles. The lowest BCUT2D eigenvalue weighted by molar-refractivity contribution is -0.142. The molecule has 0 saturated heterocycles. The lowest BCUT2D eigenvalue weighted by Crippen LogP contribution is -2.34. The topological polar surface area (TPSA) is 74.3 Å². The van der Waals surface area contributed by atoms with Crippen molar-refractivity contribution in [3.05, 3.63) is 80.6 Å². The maximum absolute atomic E-state index is 14.3. The number of pyridine rings is 1. The van der Waals surface area contributed by atoms with Gasteiger partial charge in [0.15, 0.2) is 0 Å². The van der Waals surface area contributed by atoms with Crippen molar-refractivity contribution in [2.75, 3.05) is 7.11 Å². The minimum Gasteiger partial charge on any atom is -0.468 e. The molecule has 0 saturated carbocycles. The highest BCUT2D eigenvalue weighted by atomic mass is 19.4. The molecule has 2 aromatic carbocycles. The third-order valence-electron chi connectivity index (χ3n) is 6.28. The first-order chi connectivity index (χ1) is 15.1. The van der Waals surface area contributed by atoms with Gasteiger partial charge in [0.25, 0.3) is 5.56 Å². The normalized spacial score (nSPS) is 16.8. The first-order valence-electron chi connectivity index (χ1n) is 10.3. The Morgan fingerprint density at radius 1 is 1.22 bits per heavy atom. The molecule has 5 nitrogen and oxygen atoms in total. The third-order valence-corrected chi connectivity index (χ3v) is 6.28. The van der Waals surface area contributed by atoms with Crippen molar-refractivity contribution in [3.63, 3.8) is 0 Å². The number of hydrogen-bond acceptors (Lipinski definition) is 4. The van der Waals surface area contributed by atoms with Gasteiger partial charge in [-0.1, -0.05) is 36.4 Å². The number of nitrogens with two attached hydrogens (primary N) is 1. The number of carbonyl (C=O) groups is 1. The molecule has 0 aliphatic heterocycles. The third kappa shape index (κ3) is 3.58. The molecule has 0 spiro atoms. The van der Waals surface area contributed by atoms with E-state index >= 15 is 0 Å². The van der Waals surface area contributed by atoms with Gasteiger partial charge in [0, 0.05) is 23.9 Å². The molecular weight excluding hydrogens is 421 g/mol. The number of nitrogens with zero attached hydrogens (tertiary/aromatic N) is 1. The Kier molecular flexibility index (Phi) is 5.58. The Morgan fingerprint density at radius 3 is 2.62 bits per heavy atom. The first kappa shape index (κ1) is 22.1. The van der Waals surface area contributed by atoms with Crippen LogP contribution < -0.4 is 11.3 Å². The van der Waals surface area contributed by atoms with Crippen LogP contribution in [0.25, 0.3) is 10.9 Å². The van der Waals surface area contributed by atoms with E-state index in [2.05, 4.69) is 4.74 Å². The van der Waals surface area contributed by atoms with Gasteiger partial charge in [-0.15, -0.1) is 0 Å². The number of ether oxygens (including phenoxy) is 1. The smallest absolute Gasteiger partial charge is 0.417 e. The van der Waals surface area contributed by atoms with Gasteiger partial charge in [0.2, 0.25) is 0 Å².